The third-order valence-electron chi connectivity index (χ3n) is 3.42. The Bertz CT molecular complexity index is 801. The van der Waals surface area contributed by atoms with Crippen LogP contribution in [0.15, 0.2) is 23.3 Å². The van der Waals surface area contributed by atoms with Gasteiger partial charge in [0.15, 0.2) is 11.5 Å². The Kier molecular flexibility index (Phi) is 4.71. The summed E-state index contributed by atoms with van der Waals surface area (Å²) in [4.78, 5) is 11.9. The summed E-state index contributed by atoms with van der Waals surface area (Å²) < 4.78 is 12.6. The number of nitrogens with one attached hydrogen (secondary N) is 1. The Morgan fingerprint density at radius 2 is 2.17 bits per heavy atom. The van der Waals surface area contributed by atoms with Crippen molar-refractivity contribution in [3.63, 3.8) is 0 Å². The van der Waals surface area contributed by atoms with Crippen molar-refractivity contribution in [3.8, 4) is 11.5 Å². The van der Waals surface area contributed by atoms with Gasteiger partial charge in [0.05, 0.1) is 16.9 Å². The van der Waals surface area contributed by atoms with Crippen molar-refractivity contribution in [2.24, 2.45) is 5.10 Å². The van der Waals surface area contributed by atoms with Gasteiger partial charge in [-0.3, -0.25) is 9.48 Å². The van der Waals surface area contributed by atoms with Crippen molar-refractivity contribution in [2.45, 2.75) is 20.4 Å². The highest BCUT2D eigenvalue weighted by Gasteiger charge is 2.16. The number of fused-ring (bicyclic) bond motifs is 1. The number of amides is 1. The molecule has 0 fully saturated rings. The van der Waals surface area contributed by atoms with E-state index in [-0.39, 0.29) is 12.5 Å². The third kappa shape index (κ3) is 3.68. The van der Waals surface area contributed by atoms with Gasteiger partial charge in [-0.25, -0.2) is 5.43 Å². The fourth-order valence-corrected chi connectivity index (χ4v) is 2.66. The number of benzene rings is 1. The Morgan fingerprint density at radius 1 is 1.38 bits per heavy atom. The summed E-state index contributed by atoms with van der Waals surface area (Å²) in [7, 11) is 0. The van der Waals surface area contributed by atoms with Crippen LogP contribution in [0.1, 0.15) is 17.0 Å². The standard InChI is InChI=1S/C16H17ClN4O3/c1-10-5-11(2)21(20-10)9-15(22)19-18-8-12-6-13(17)16-14(7-12)23-3-4-24-16/h5-8H,3-4,9H2,1-2H3,(H,19,22)/b18-8-. The molecule has 0 atom stereocenters. The van der Waals surface area contributed by atoms with Gasteiger partial charge >= 0.3 is 0 Å². The summed E-state index contributed by atoms with van der Waals surface area (Å²) >= 11 is 6.15. The van der Waals surface area contributed by atoms with Crippen LogP contribution in [0.2, 0.25) is 5.02 Å². The molecule has 8 heteroatoms. The van der Waals surface area contributed by atoms with Gasteiger partial charge in [0.1, 0.15) is 19.8 Å². The van der Waals surface area contributed by atoms with Crippen molar-refractivity contribution >= 4 is 23.7 Å². The quantitative estimate of drug-likeness (QED) is 0.677. The lowest BCUT2D eigenvalue weighted by molar-refractivity contribution is -0.121. The number of hydrogen-bond acceptors (Lipinski definition) is 5. The van der Waals surface area contributed by atoms with E-state index in [1.165, 1.54) is 6.21 Å². The Balaban J connectivity index is 1.63. The fraction of sp³-hybridized carbons (Fsp3) is 0.312. The second-order valence-electron chi connectivity index (χ2n) is 5.40. The minimum absolute atomic E-state index is 0.110. The first-order valence-corrected chi connectivity index (χ1v) is 7.83. The molecule has 1 aromatic carbocycles. The highest BCUT2D eigenvalue weighted by Crippen LogP contribution is 2.37. The van der Waals surface area contributed by atoms with E-state index < -0.39 is 0 Å². The molecular formula is C16H17ClN4O3. The minimum atomic E-state index is -0.263. The molecule has 126 valence electrons. The monoisotopic (exact) mass is 348 g/mol. The van der Waals surface area contributed by atoms with Gasteiger partial charge in [-0.1, -0.05) is 11.6 Å². The molecule has 0 spiro atoms. The number of nitrogens with zero attached hydrogens (tertiary/aromatic N) is 3. The first-order valence-electron chi connectivity index (χ1n) is 7.45. The number of halogens is 1. The number of carbonyl (C=O) groups is 1. The van der Waals surface area contributed by atoms with Gasteiger partial charge in [0.25, 0.3) is 5.91 Å². The molecule has 2 aromatic rings. The molecule has 0 aliphatic carbocycles. The fourth-order valence-electron chi connectivity index (χ4n) is 2.39. The average molecular weight is 349 g/mol. The maximum Gasteiger partial charge on any atom is 0.261 e. The Hall–Kier alpha value is -2.54. The summed E-state index contributed by atoms with van der Waals surface area (Å²) in [5.41, 5.74) is 4.97. The summed E-state index contributed by atoms with van der Waals surface area (Å²) in [6.45, 7) is 4.84. The molecule has 0 radical (unpaired) electrons. The van der Waals surface area contributed by atoms with Crippen LogP contribution in [-0.2, 0) is 11.3 Å². The van der Waals surface area contributed by atoms with Crippen LogP contribution in [0.3, 0.4) is 0 Å². The van der Waals surface area contributed by atoms with E-state index in [9.17, 15) is 4.79 Å². The average Bonchev–Trinajstić information content (AvgIpc) is 2.85. The van der Waals surface area contributed by atoms with Crippen LogP contribution in [0.4, 0.5) is 0 Å². The number of aryl methyl sites for hydroxylation is 2. The minimum Gasteiger partial charge on any atom is -0.486 e. The topological polar surface area (TPSA) is 77.7 Å². The van der Waals surface area contributed by atoms with Gasteiger partial charge in [0.2, 0.25) is 0 Å². The van der Waals surface area contributed by atoms with Gasteiger partial charge in [-0.05, 0) is 37.6 Å². The van der Waals surface area contributed by atoms with E-state index in [1.54, 1.807) is 16.8 Å². The van der Waals surface area contributed by atoms with Crippen molar-refractivity contribution in [3.05, 3.63) is 40.2 Å². The molecule has 0 bridgehead atoms. The summed E-state index contributed by atoms with van der Waals surface area (Å²) in [5.74, 6) is 0.846. The Labute approximate surface area is 144 Å². The molecule has 7 nitrogen and oxygen atoms in total. The molecule has 1 aliphatic rings. The number of rotatable bonds is 4. The van der Waals surface area contributed by atoms with Gasteiger partial charge < -0.3 is 9.47 Å². The van der Waals surface area contributed by atoms with Gasteiger partial charge in [-0.2, -0.15) is 10.2 Å². The second-order valence-corrected chi connectivity index (χ2v) is 5.81. The maximum atomic E-state index is 11.9. The molecule has 0 saturated carbocycles. The van der Waals surface area contributed by atoms with Crippen LogP contribution in [-0.4, -0.2) is 35.1 Å². The van der Waals surface area contributed by atoms with E-state index in [4.69, 9.17) is 21.1 Å². The summed E-state index contributed by atoms with van der Waals surface area (Å²) in [6, 6.07) is 5.37. The summed E-state index contributed by atoms with van der Waals surface area (Å²) in [5, 5.41) is 8.62. The zero-order valence-electron chi connectivity index (χ0n) is 13.4. The van der Waals surface area contributed by atoms with Gasteiger partial charge in [0, 0.05) is 5.69 Å². The van der Waals surface area contributed by atoms with E-state index >= 15 is 0 Å². The predicted molar refractivity (Wildman–Crippen MR) is 89.9 cm³/mol. The molecule has 0 unspecified atom stereocenters. The third-order valence-corrected chi connectivity index (χ3v) is 3.70. The first kappa shape index (κ1) is 16.3. The summed E-state index contributed by atoms with van der Waals surface area (Å²) in [6.07, 6.45) is 1.50. The molecule has 1 aliphatic heterocycles. The molecule has 2 heterocycles. The van der Waals surface area contributed by atoms with Crippen molar-refractivity contribution in [2.75, 3.05) is 13.2 Å². The molecule has 1 N–H and O–H groups in total. The zero-order valence-corrected chi connectivity index (χ0v) is 14.1. The van der Waals surface area contributed by atoms with E-state index in [1.807, 2.05) is 19.9 Å². The lowest BCUT2D eigenvalue weighted by Crippen LogP contribution is -2.24. The Morgan fingerprint density at radius 3 is 2.92 bits per heavy atom. The molecule has 1 aromatic heterocycles. The maximum absolute atomic E-state index is 11.9. The SMILES string of the molecule is Cc1cc(C)n(CC(=O)N/N=C\c2cc(Cl)c3c(c2)OCCO3)n1. The van der Waals surface area contributed by atoms with Crippen molar-refractivity contribution in [1.29, 1.82) is 0 Å². The normalized spacial score (nSPS) is 13.3. The first-order chi connectivity index (χ1) is 11.5. The zero-order chi connectivity index (χ0) is 17.1. The highest BCUT2D eigenvalue weighted by atomic mass is 35.5. The molecule has 0 saturated heterocycles. The number of hydrazone groups is 1. The van der Waals surface area contributed by atoms with Crippen molar-refractivity contribution < 1.29 is 14.3 Å². The predicted octanol–water partition coefficient (Wildman–Crippen LogP) is 2.07. The second kappa shape index (κ2) is 6.92. The van der Waals surface area contributed by atoms with Gasteiger partial charge in [-0.15, -0.1) is 0 Å². The van der Waals surface area contributed by atoms with Crippen molar-refractivity contribution in [1.82, 2.24) is 15.2 Å². The lowest BCUT2D eigenvalue weighted by atomic mass is 10.2. The van der Waals surface area contributed by atoms with Crippen LogP contribution in [0.25, 0.3) is 0 Å². The lowest BCUT2D eigenvalue weighted by Gasteiger charge is -2.19. The number of carbonyl (C=O) groups excluding carboxylic acids is 1. The molecular weight excluding hydrogens is 332 g/mol. The molecule has 3 rings (SSSR count). The highest BCUT2D eigenvalue weighted by molar-refractivity contribution is 6.32. The number of aromatic nitrogens is 2. The van der Waals surface area contributed by atoms with E-state index in [0.29, 0.717) is 35.3 Å². The van der Waals surface area contributed by atoms with E-state index in [2.05, 4.69) is 15.6 Å². The van der Waals surface area contributed by atoms with E-state index in [0.717, 1.165) is 11.4 Å². The van der Waals surface area contributed by atoms with Crippen LogP contribution >= 0.6 is 11.6 Å². The van der Waals surface area contributed by atoms with Crippen LogP contribution in [0, 0.1) is 13.8 Å². The largest absolute Gasteiger partial charge is 0.486 e. The smallest absolute Gasteiger partial charge is 0.261 e. The number of ether oxygens (including phenoxy) is 2. The number of hydrogen-bond donors (Lipinski definition) is 1. The van der Waals surface area contributed by atoms with Crippen LogP contribution in [0.5, 0.6) is 11.5 Å². The van der Waals surface area contributed by atoms with Crippen LogP contribution < -0.4 is 14.9 Å². The molecule has 1 amide bonds. The molecule has 24 heavy (non-hydrogen) atoms.